The van der Waals surface area contributed by atoms with Gasteiger partial charge in [-0.05, 0) is 11.8 Å². The zero-order chi connectivity index (χ0) is 26.6. The van der Waals surface area contributed by atoms with E-state index < -0.39 is 16.5 Å². The van der Waals surface area contributed by atoms with E-state index >= 15 is 0 Å². The van der Waals surface area contributed by atoms with E-state index in [2.05, 4.69) is 32.0 Å². The molecule has 0 rings (SSSR count). The molecule has 0 aliphatic heterocycles. The highest BCUT2D eigenvalue weighted by Crippen LogP contribution is 2.30. The third-order valence-corrected chi connectivity index (χ3v) is 8.57. The first-order valence-electron chi connectivity index (χ1n) is 15.0. The van der Waals surface area contributed by atoms with Crippen molar-refractivity contribution in [1.82, 2.24) is 0 Å². The second-order valence-electron chi connectivity index (χ2n) is 10.5. The third kappa shape index (κ3) is 34.3. The molecule has 0 aliphatic carbocycles. The van der Waals surface area contributed by atoms with E-state index in [0.717, 1.165) is 11.8 Å². The molecule has 4 unspecified atom stereocenters. The van der Waals surface area contributed by atoms with Gasteiger partial charge in [0.15, 0.2) is 0 Å². The molecule has 0 fully saturated rings. The van der Waals surface area contributed by atoms with Gasteiger partial charge >= 0.3 is 16.5 Å². The van der Waals surface area contributed by atoms with Crippen molar-refractivity contribution >= 4 is 16.5 Å². The topological polar surface area (TPSA) is 83.8 Å². The minimum Gasteiger partial charge on any atom is -0.326 e. The minimum absolute atomic E-state index is 0.938. The molecule has 0 spiro atoms. The first kappa shape index (κ1) is 37.5. The van der Waals surface area contributed by atoms with E-state index in [4.69, 9.17) is 9.79 Å². The number of hydrogen-bond acceptors (Lipinski definition) is 3. The molecule has 0 amide bonds. The van der Waals surface area contributed by atoms with Crippen molar-refractivity contribution in [3.63, 3.8) is 0 Å². The summed E-state index contributed by atoms with van der Waals surface area (Å²) in [5.41, 5.74) is 0. The summed E-state index contributed by atoms with van der Waals surface area (Å²) >= 11 is 0. The summed E-state index contributed by atoms with van der Waals surface area (Å²) in [5.74, 6) is 1.88. The smallest absolute Gasteiger partial charge is 0.323 e. The largest absolute Gasteiger partial charge is 0.326 e. The normalized spacial score (nSPS) is 14.7. The van der Waals surface area contributed by atoms with E-state index in [0.29, 0.717) is 0 Å². The highest BCUT2D eigenvalue weighted by atomic mass is 31.2. The van der Waals surface area contributed by atoms with Gasteiger partial charge in [-0.15, -0.1) is 0 Å². The van der Waals surface area contributed by atoms with Gasteiger partial charge in [0.25, 0.3) is 0 Å². The SMILES string of the molecule is CCCCCCCCCCCCC(C)C(C)CCCCCCCCCCCC.O=[PH](O)O[PH](=O)O. The van der Waals surface area contributed by atoms with Gasteiger partial charge in [-0.3, -0.25) is 9.13 Å². The van der Waals surface area contributed by atoms with Gasteiger partial charge in [0.05, 0.1) is 0 Å². The maximum atomic E-state index is 9.44. The minimum atomic E-state index is -3.20. The van der Waals surface area contributed by atoms with Gasteiger partial charge < -0.3 is 9.79 Å². The monoisotopic (exact) mass is 540 g/mol. The van der Waals surface area contributed by atoms with Crippen LogP contribution in [0.3, 0.4) is 0 Å². The fourth-order valence-corrected chi connectivity index (χ4v) is 5.15. The highest BCUT2D eigenvalue weighted by molar-refractivity contribution is 7.46. The molecule has 0 saturated carbocycles. The molecular weight excluding hydrogens is 478 g/mol. The molecular formula is C28H62O5P2. The Labute approximate surface area is 220 Å². The molecule has 0 aromatic heterocycles. The van der Waals surface area contributed by atoms with Crippen LogP contribution in [0.15, 0.2) is 0 Å². The van der Waals surface area contributed by atoms with Crippen LogP contribution in [-0.2, 0) is 13.4 Å². The molecule has 2 N–H and O–H groups in total. The van der Waals surface area contributed by atoms with Crippen LogP contribution >= 0.6 is 16.5 Å². The second kappa shape index (κ2) is 30.6. The Bertz CT molecular complexity index is 423. The Morgan fingerprint density at radius 1 is 0.486 bits per heavy atom. The molecule has 0 bridgehead atoms. The van der Waals surface area contributed by atoms with Crippen LogP contribution in [0.5, 0.6) is 0 Å². The fourth-order valence-electron chi connectivity index (χ4n) is 4.55. The van der Waals surface area contributed by atoms with Crippen molar-refractivity contribution in [3.8, 4) is 0 Å². The Morgan fingerprint density at radius 2 is 0.714 bits per heavy atom. The molecule has 0 aliphatic rings. The van der Waals surface area contributed by atoms with E-state index in [9.17, 15) is 9.13 Å². The molecule has 0 radical (unpaired) electrons. The quantitative estimate of drug-likeness (QED) is 0.0888. The second-order valence-corrected chi connectivity index (χ2v) is 12.4. The standard InChI is InChI=1S/C28H58.H4O5P2/c1-5-7-9-11-13-15-17-19-21-23-25-27(3)28(4)26-24-22-20-18-16-14-12-10-8-6-2;1-6(2)5-7(3)4/h27-28H,5-26H2,1-4H3;6-7H,(H,1,2)(H,3,4). The van der Waals surface area contributed by atoms with Crippen molar-refractivity contribution < 1.29 is 23.2 Å². The Kier molecular flexibility index (Phi) is 32.7. The van der Waals surface area contributed by atoms with Gasteiger partial charge in [-0.2, -0.15) is 0 Å². The van der Waals surface area contributed by atoms with Crippen LogP contribution < -0.4 is 0 Å². The molecule has 35 heavy (non-hydrogen) atoms. The molecule has 5 nitrogen and oxygen atoms in total. The Hall–Kier alpha value is 0.340. The highest BCUT2D eigenvalue weighted by Gasteiger charge is 2.11. The van der Waals surface area contributed by atoms with Crippen LogP contribution in [0.4, 0.5) is 0 Å². The molecule has 0 aromatic rings. The van der Waals surface area contributed by atoms with E-state index in [1.807, 2.05) is 0 Å². The predicted octanol–water partition coefficient (Wildman–Crippen LogP) is 10.6. The average molecular weight is 541 g/mol. The zero-order valence-electron chi connectivity index (χ0n) is 23.8. The summed E-state index contributed by atoms with van der Waals surface area (Å²) in [6, 6.07) is 0. The summed E-state index contributed by atoms with van der Waals surface area (Å²) in [5, 5.41) is 0. The lowest BCUT2D eigenvalue weighted by Gasteiger charge is -2.19. The molecule has 4 atom stereocenters. The predicted molar refractivity (Wildman–Crippen MR) is 155 cm³/mol. The van der Waals surface area contributed by atoms with Crippen LogP contribution in [-0.4, -0.2) is 9.79 Å². The zero-order valence-corrected chi connectivity index (χ0v) is 25.8. The van der Waals surface area contributed by atoms with E-state index in [1.165, 1.54) is 141 Å². The van der Waals surface area contributed by atoms with Gasteiger partial charge in [-0.1, -0.05) is 169 Å². The summed E-state index contributed by atoms with van der Waals surface area (Å²) in [4.78, 5) is 15.4. The van der Waals surface area contributed by atoms with Crippen molar-refractivity contribution in [1.29, 1.82) is 0 Å². The molecule has 0 saturated heterocycles. The third-order valence-electron chi connectivity index (χ3n) is 7.17. The van der Waals surface area contributed by atoms with Crippen LogP contribution in [0.1, 0.15) is 169 Å². The van der Waals surface area contributed by atoms with Crippen molar-refractivity contribution in [2.24, 2.45) is 11.8 Å². The first-order valence-corrected chi connectivity index (χ1v) is 17.5. The van der Waals surface area contributed by atoms with Crippen LogP contribution in [0, 0.1) is 11.8 Å². The molecule has 0 aromatic carbocycles. The Balaban J connectivity index is 0. The van der Waals surface area contributed by atoms with Crippen molar-refractivity contribution in [2.75, 3.05) is 0 Å². The lowest BCUT2D eigenvalue weighted by molar-refractivity contribution is 0.322. The number of rotatable bonds is 25. The van der Waals surface area contributed by atoms with Crippen molar-refractivity contribution in [2.45, 2.75) is 169 Å². The van der Waals surface area contributed by atoms with E-state index in [1.54, 1.807) is 0 Å². The van der Waals surface area contributed by atoms with Gasteiger partial charge in [0.1, 0.15) is 0 Å². The maximum Gasteiger partial charge on any atom is 0.323 e. The van der Waals surface area contributed by atoms with Gasteiger partial charge in [0, 0.05) is 0 Å². The summed E-state index contributed by atoms with van der Waals surface area (Å²) in [6.07, 6.45) is 32.2. The molecule has 7 heteroatoms. The average Bonchev–Trinajstić information content (AvgIpc) is 2.80. The lowest BCUT2D eigenvalue weighted by Crippen LogP contribution is -2.08. The molecule has 0 heterocycles. The number of unbranched alkanes of at least 4 members (excludes halogenated alkanes) is 18. The van der Waals surface area contributed by atoms with Gasteiger partial charge in [-0.25, -0.2) is 4.31 Å². The summed E-state index contributed by atoms with van der Waals surface area (Å²) in [6.45, 7) is 9.63. The van der Waals surface area contributed by atoms with Gasteiger partial charge in [0.2, 0.25) is 0 Å². The van der Waals surface area contributed by atoms with Crippen LogP contribution in [0.2, 0.25) is 0 Å². The fraction of sp³-hybridized carbons (Fsp3) is 1.00. The summed E-state index contributed by atoms with van der Waals surface area (Å²) in [7, 11) is -6.40. The summed E-state index contributed by atoms with van der Waals surface area (Å²) < 4.78 is 22.3. The van der Waals surface area contributed by atoms with Crippen LogP contribution in [0.25, 0.3) is 0 Å². The first-order chi connectivity index (χ1) is 16.8. The number of hydrogen-bond donors (Lipinski definition) is 2. The van der Waals surface area contributed by atoms with Crippen molar-refractivity contribution in [3.05, 3.63) is 0 Å². The Morgan fingerprint density at radius 3 is 0.914 bits per heavy atom. The maximum absolute atomic E-state index is 9.44. The molecule has 214 valence electrons. The van der Waals surface area contributed by atoms with E-state index in [-0.39, 0.29) is 0 Å². The lowest BCUT2D eigenvalue weighted by atomic mass is 9.86.